The molecule has 0 radical (unpaired) electrons. The van der Waals surface area contributed by atoms with Gasteiger partial charge in [0.05, 0.1) is 6.54 Å². The van der Waals surface area contributed by atoms with E-state index in [1.165, 1.54) is 0 Å². The van der Waals surface area contributed by atoms with E-state index < -0.39 is 0 Å². The maximum absolute atomic E-state index is 12.8. The van der Waals surface area contributed by atoms with Crippen molar-refractivity contribution >= 4 is 24.3 Å². The summed E-state index contributed by atoms with van der Waals surface area (Å²) >= 11 is 5.15. The highest BCUT2D eigenvalue weighted by Gasteiger charge is 2.54. The Hall–Kier alpha value is -1.55. The van der Waals surface area contributed by atoms with E-state index in [2.05, 4.69) is 39.0 Å². The molecule has 0 spiro atoms. The number of carbonyl (C=O) groups excluding carboxylic acids is 2. The molecule has 4 rings (SSSR count). The lowest BCUT2D eigenvalue weighted by atomic mass is 9.61. The normalized spacial score (nSPS) is 34.9. The number of thiol groups is 1. The smallest absolute Gasteiger partial charge is 0.227 e. The number of Topliss-reactive ketones (excluding diaryl/α,β-unsaturated/α-hetero) is 1. The summed E-state index contributed by atoms with van der Waals surface area (Å²) in [5.41, 5.74) is 1.91. The van der Waals surface area contributed by atoms with Gasteiger partial charge in [0.15, 0.2) is 0 Å². The third-order valence-electron chi connectivity index (χ3n) is 7.71. The van der Waals surface area contributed by atoms with Crippen molar-refractivity contribution in [2.45, 2.75) is 64.7 Å². The molecule has 1 amide bonds. The highest BCUT2D eigenvalue weighted by atomic mass is 32.1. The summed E-state index contributed by atoms with van der Waals surface area (Å²) in [7, 11) is 0. The molecule has 2 fully saturated rings. The van der Waals surface area contributed by atoms with Crippen molar-refractivity contribution in [2.75, 3.05) is 0 Å². The average molecular weight is 398 g/mol. The van der Waals surface area contributed by atoms with Crippen LogP contribution in [0.2, 0.25) is 0 Å². The van der Waals surface area contributed by atoms with E-state index >= 15 is 0 Å². The minimum absolute atomic E-state index is 0.129. The monoisotopic (exact) mass is 397 g/mol. The molecule has 1 saturated heterocycles. The van der Waals surface area contributed by atoms with Crippen LogP contribution in [0, 0.1) is 22.7 Å². The molecule has 3 nitrogen and oxygen atoms in total. The zero-order valence-electron chi connectivity index (χ0n) is 17.1. The highest BCUT2D eigenvalue weighted by Crippen LogP contribution is 2.56. The molecule has 1 aliphatic heterocycles. The van der Waals surface area contributed by atoms with Gasteiger partial charge in [-0.15, -0.1) is 0 Å². The zero-order chi connectivity index (χ0) is 20.1. The van der Waals surface area contributed by atoms with Crippen molar-refractivity contribution in [1.29, 1.82) is 0 Å². The number of nitrogens with zero attached hydrogens (tertiary/aromatic N) is 1. The van der Waals surface area contributed by atoms with Crippen molar-refractivity contribution in [1.82, 2.24) is 4.90 Å². The van der Waals surface area contributed by atoms with Crippen molar-refractivity contribution in [3.63, 3.8) is 0 Å². The number of piperidine rings is 1. The molecule has 3 aliphatic rings. The molecule has 0 N–H and O–H groups in total. The summed E-state index contributed by atoms with van der Waals surface area (Å²) in [6.07, 6.45) is 6.27. The second-order valence-electron chi connectivity index (χ2n) is 9.61. The molecule has 1 aromatic rings. The Labute approximate surface area is 174 Å². The Kier molecular flexibility index (Phi) is 4.97. The number of allylic oxidation sites excluding steroid dienone is 2. The molecule has 1 heterocycles. The summed E-state index contributed by atoms with van der Waals surface area (Å²) in [5.74, 6) is 1.35. The molecule has 4 heteroatoms. The number of ketones is 1. The molecule has 2 aliphatic carbocycles. The van der Waals surface area contributed by atoms with Crippen molar-refractivity contribution < 1.29 is 9.59 Å². The number of rotatable bonds is 3. The molecule has 1 saturated carbocycles. The first-order valence-corrected chi connectivity index (χ1v) is 11.0. The first-order chi connectivity index (χ1) is 13.2. The van der Waals surface area contributed by atoms with Crippen LogP contribution in [0.3, 0.4) is 0 Å². The third kappa shape index (κ3) is 3.04. The molecule has 0 bridgehead atoms. The predicted molar refractivity (Wildman–Crippen MR) is 115 cm³/mol. The maximum atomic E-state index is 12.8. The second kappa shape index (κ2) is 7.05. The zero-order valence-corrected chi connectivity index (χ0v) is 18.0. The van der Waals surface area contributed by atoms with Crippen LogP contribution in [0.1, 0.15) is 58.4 Å². The van der Waals surface area contributed by atoms with E-state index in [-0.39, 0.29) is 22.0 Å². The van der Waals surface area contributed by atoms with Crippen molar-refractivity contribution in [3.8, 4) is 0 Å². The number of hydrogen-bond donors (Lipinski definition) is 1. The molecular formula is C24H31NO2S. The summed E-state index contributed by atoms with van der Waals surface area (Å²) < 4.78 is 0. The van der Waals surface area contributed by atoms with E-state index in [1.54, 1.807) is 0 Å². The predicted octanol–water partition coefficient (Wildman–Crippen LogP) is 5.02. The van der Waals surface area contributed by atoms with Crippen LogP contribution in [0.15, 0.2) is 42.1 Å². The lowest BCUT2D eigenvalue weighted by Gasteiger charge is -2.53. The summed E-state index contributed by atoms with van der Waals surface area (Å²) in [4.78, 5) is 27.2. The van der Waals surface area contributed by atoms with E-state index in [4.69, 9.17) is 12.6 Å². The number of benzene rings is 1. The van der Waals surface area contributed by atoms with Crippen LogP contribution in [-0.2, 0) is 16.1 Å². The fourth-order valence-electron chi connectivity index (χ4n) is 5.81. The Bertz CT molecular complexity index is 815. The Morgan fingerprint density at radius 2 is 1.82 bits per heavy atom. The van der Waals surface area contributed by atoms with Crippen LogP contribution in [0.4, 0.5) is 0 Å². The number of fused-ring (bicyclic) bond motifs is 1. The molecule has 28 heavy (non-hydrogen) atoms. The van der Waals surface area contributed by atoms with Gasteiger partial charge in [-0.2, -0.15) is 12.6 Å². The van der Waals surface area contributed by atoms with Crippen molar-refractivity contribution in [3.05, 3.63) is 47.7 Å². The van der Waals surface area contributed by atoms with Gasteiger partial charge in [-0.3, -0.25) is 9.59 Å². The van der Waals surface area contributed by atoms with Gasteiger partial charge in [0.2, 0.25) is 5.91 Å². The molecule has 4 atom stereocenters. The van der Waals surface area contributed by atoms with Crippen LogP contribution in [0.25, 0.3) is 0 Å². The third-order valence-corrected chi connectivity index (χ3v) is 8.66. The van der Waals surface area contributed by atoms with E-state index in [0.29, 0.717) is 37.0 Å². The first kappa shape index (κ1) is 19.8. The Morgan fingerprint density at radius 1 is 1.11 bits per heavy atom. The quantitative estimate of drug-likeness (QED) is 0.727. The summed E-state index contributed by atoms with van der Waals surface area (Å²) in [5, 5.41) is 0.161. The van der Waals surface area contributed by atoms with Gasteiger partial charge >= 0.3 is 0 Å². The van der Waals surface area contributed by atoms with Gasteiger partial charge in [-0.05, 0) is 36.7 Å². The van der Waals surface area contributed by atoms with Gasteiger partial charge in [0.1, 0.15) is 5.78 Å². The van der Waals surface area contributed by atoms with E-state index in [0.717, 1.165) is 30.5 Å². The second-order valence-corrected chi connectivity index (χ2v) is 10.2. The van der Waals surface area contributed by atoms with Crippen molar-refractivity contribution in [2.24, 2.45) is 22.7 Å². The fourth-order valence-corrected chi connectivity index (χ4v) is 6.40. The van der Waals surface area contributed by atoms with E-state index in [9.17, 15) is 9.59 Å². The summed E-state index contributed by atoms with van der Waals surface area (Å²) in [6, 6.07) is 10.2. The lowest BCUT2D eigenvalue weighted by molar-refractivity contribution is -0.134. The summed E-state index contributed by atoms with van der Waals surface area (Å²) in [6.45, 7) is 7.12. The Morgan fingerprint density at radius 3 is 2.46 bits per heavy atom. The highest BCUT2D eigenvalue weighted by molar-refractivity contribution is 7.81. The maximum Gasteiger partial charge on any atom is 0.227 e. The lowest BCUT2D eigenvalue weighted by Crippen LogP contribution is -2.52. The number of amides is 1. The SMILES string of the molecule is CC1(C)C(=O)CCC1C1CC=C2N(Cc3ccccc3)C(=O)CCC2(C)C1S. The van der Waals surface area contributed by atoms with Gasteiger partial charge in [0.25, 0.3) is 0 Å². The number of likely N-dealkylation sites (tertiary alicyclic amines) is 1. The van der Waals surface area contributed by atoms with Gasteiger partial charge in [0, 0.05) is 34.6 Å². The van der Waals surface area contributed by atoms with Crippen LogP contribution >= 0.6 is 12.6 Å². The largest absolute Gasteiger partial charge is 0.312 e. The molecular weight excluding hydrogens is 366 g/mol. The van der Waals surface area contributed by atoms with Gasteiger partial charge < -0.3 is 4.90 Å². The molecule has 150 valence electrons. The average Bonchev–Trinajstić information content (AvgIpc) is 2.94. The standard InChI is InChI=1S/C24H31NO2S/c1-23(2)18(10-12-20(23)26)17-9-11-19-24(3,22(17)28)14-13-21(27)25(19)15-16-7-5-4-6-8-16/h4-8,11,17-18,22,28H,9-10,12-15H2,1-3H3. The minimum atomic E-state index is -0.262. The van der Waals surface area contributed by atoms with Crippen LogP contribution < -0.4 is 0 Å². The van der Waals surface area contributed by atoms with Gasteiger partial charge in [-0.1, -0.05) is 57.2 Å². The Balaban J connectivity index is 1.65. The molecule has 4 unspecified atom stereocenters. The van der Waals surface area contributed by atoms with Gasteiger partial charge in [-0.25, -0.2) is 0 Å². The van der Waals surface area contributed by atoms with E-state index in [1.807, 2.05) is 23.1 Å². The van der Waals surface area contributed by atoms with Crippen LogP contribution in [0.5, 0.6) is 0 Å². The fraction of sp³-hybridized carbons (Fsp3) is 0.583. The number of hydrogen-bond acceptors (Lipinski definition) is 3. The molecule has 0 aromatic heterocycles. The molecule has 1 aromatic carbocycles. The minimum Gasteiger partial charge on any atom is -0.312 e. The number of carbonyl (C=O) groups is 2. The topological polar surface area (TPSA) is 37.4 Å². The first-order valence-electron chi connectivity index (χ1n) is 10.5. The van der Waals surface area contributed by atoms with Crippen LogP contribution in [-0.4, -0.2) is 21.8 Å².